The van der Waals surface area contributed by atoms with E-state index in [4.69, 9.17) is 4.74 Å². The van der Waals surface area contributed by atoms with Gasteiger partial charge in [-0.2, -0.15) is 0 Å². The van der Waals surface area contributed by atoms with Crippen LogP contribution in [0.3, 0.4) is 0 Å². The van der Waals surface area contributed by atoms with Gasteiger partial charge in [0, 0.05) is 29.1 Å². The van der Waals surface area contributed by atoms with Crippen LogP contribution in [-0.4, -0.2) is 46.1 Å². The number of nitrogens with one attached hydrogen (secondary N) is 1. The number of aromatic amines is 1. The first-order valence-electron chi connectivity index (χ1n) is 10.8. The second-order valence-electron chi connectivity index (χ2n) is 8.01. The van der Waals surface area contributed by atoms with Crippen molar-refractivity contribution in [1.29, 1.82) is 0 Å². The minimum atomic E-state index is -1.20. The molecule has 7 nitrogen and oxygen atoms in total. The summed E-state index contributed by atoms with van der Waals surface area (Å²) in [6.45, 7) is -0.505. The number of esters is 1. The van der Waals surface area contributed by atoms with Crippen LogP contribution in [0.15, 0.2) is 85.1 Å². The molecule has 168 valence electrons. The molecular weight excluding hydrogens is 432 g/mol. The molecule has 0 aliphatic carbocycles. The van der Waals surface area contributed by atoms with Crippen LogP contribution in [0.4, 0.5) is 0 Å². The van der Waals surface area contributed by atoms with E-state index in [2.05, 4.69) is 4.98 Å². The largest absolute Gasteiger partial charge is 0.456 e. The third kappa shape index (κ3) is 3.77. The Morgan fingerprint density at radius 2 is 1.44 bits per heavy atom. The molecule has 5 rings (SSSR count). The van der Waals surface area contributed by atoms with Crippen LogP contribution >= 0.6 is 0 Å². The zero-order valence-corrected chi connectivity index (χ0v) is 18.1. The van der Waals surface area contributed by atoms with Crippen molar-refractivity contribution in [3.8, 4) is 0 Å². The molecule has 1 aromatic heterocycles. The van der Waals surface area contributed by atoms with E-state index in [1.165, 1.54) is 0 Å². The van der Waals surface area contributed by atoms with Gasteiger partial charge in [0.1, 0.15) is 6.04 Å². The van der Waals surface area contributed by atoms with Gasteiger partial charge in [-0.15, -0.1) is 0 Å². The molecule has 1 aliphatic heterocycles. The number of hydrogen-bond donors (Lipinski definition) is 1. The number of hydrogen-bond acceptors (Lipinski definition) is 5. The van der Waals surface area contributed by atoms with Crippen molar-refractivity contribution >= 4 is 34.5 Å². The molecule has 3 aromatic carbocycles. The highest BCUT2D eigenvalue weighted by atomic mass is 16.5. The summed E-state index contributed by atoms with van der Waals surface area (Å²) in [6.07, 6.45) is 1.65. The fourth-order valence-corrected chi connectivity index (χ4v) is 4.22. The van der Waals surface area contributed by atoms with Crippen molar-refractivity contribution in [1.82, 2.24) is 9.88 Å². The van der Waals surface area contributed by atoms with E-state index < -0.39 is 30.4 Å². The zero-order chi connectivity index (χ0) is 23.7. The smallest absolute Gasteiger partial charge is 0.330 e. The maximum Gasteiger partial charge on any atom is 0.330 e. The molecule has 1 unspecified atom stereocenters. The van der Waals surface area contributed by atoms with Crippen molar-refractivity contribution in [2.45, 2.75) is 12.5 Å². The highest BCUT2D eigenvalue weighted by molar-refractivity contribution is 6.22. The number of aromatic nitrogens is 1. The molecule has 0 saturated carbocycles. The van der Waals surface area contributed by atoms with Gasteiger partial charge >= 0.3 is 5.97 Å². The molecule has 7 heteroatoms. The Balaban J connectivity index is 1.39. The van der Waals surface area contributed by atoms with Gasteiger partial charge < -0.3 is 9.72 Å². The number of ketones is 1. The number of benzene rings is 3. The van der Waals surface area contributed by atoms with Gasteiger partial charge in [0.05, 0.1) is 11.1 Å². The van der Waals surface area contributed by atoms with Gasteiger partial charge in [-0.25, -0.2) is 4.79 Å². The second kappa shape index (κ2) is 8.78. The second-order valence-corrected chi connectivity index (χ2v) is 8.01. The molecule has 2 amide bonds. The molecular formula is C27H20N2O5. The molecule has 34 heavy (non-hydrogen) atoms. The number of carbonyl (C=O) groups is 4. The van der Waals surface area contributed by atoms with E-state index in [0.717, 1.165) is 21.4 Å². The first-order chi connectivity index (χ1) is 16.5. The minimum absolute atomic E-state index is 0.0758. The van der Waals surface area contributed by atoms with Crippen molar-refractivity contribution < 1.29 is 23.9 Å². The molecule has 0 bridgehead atoms. The molecule has 1 atom stereocenters. The maximum absolute atomic E-state index is 13.2. The lowest BCUT2D eigenvalue weighted by atomic mass is 10.0. The predicted octanol–water partition coefficient (Wildman–Crippen LogP) is 3.80. The van der Waals surface area contributed by atoms with Crippen LogP contribution in [0.2, 0.25) is 0 Å². The maximum atomic E-state index is 13.2. The normalized spacial score (nSPS) is 13.7. The Bertz CT molecular complexity index is 1390. The number of fused-ring (bicyclic) bond motifs is 2. The number of Topliss-reactive ketones (excluding diaryl/α,β-unsaturated/α-hetero) is 1. The molecule has 4 aromatic rings. The number of ether oxygens (including phenoxy) is 1. The fourth-order valence-electron chi connectivity index (χ4n) is 4.22. The van der Waals surface area contributed by atoms with E-state index in [1.807, 2.05) is 24.3 Å². The van der Waals surface area contributed by atoms with Gasteiger partial charge in [0.15, 0.2) is 6.61 Å². The Hall–Kier alpha value is -4.52. The summed E-state index contributed by atoms with van der Waals surface area (Å²) in [7, 11) is 0. The number of para-hydroxylation sites is 1. The van der Waals surface area contributed by atoms with E-state index in [0.29, 0.717) is 5.56 Å². The lowest BCUT2D eigenvalue weighted by Gasteiger charge is -2.24. The van der Waals surface area contributed by atoms with Gasteiger partial charge in [-0.05, 0) is 23.8 Å². The van der Waals surface area contributed by atoms with Gasteiger partial charge in [0.2, 0.25) is 5.78 Å². The first-order valence-corrected chi connectivity index (χ1v) is 10.8. The summed E-state index contributed by atoms with van der Waals surface area (Å²) < 4.78 is 5.37. The third-order valence-corrected chi connectivity index (χ3v) is 5.92. The Labute approximate surface area is 195 Å². The van der Waals surface area contributed by atoms with Crippen LogP contribution in [0.1, 0.15) is 36.6 Å². The molecule has 0 radical (unpaired) electrons. The number of rotatable bonds is 7. The zero-order valence-electron chi connectivity index (χ0n) is 18.1. The summed E-state index contributed by atoms with van der Waals surface area (Å²) in [5.41, 5.74) is 2.44. The van der Waals surface area contributed by atoms with Crippen LogP contribution < -0.4 is 0 Å². The van der Waals surface area contributed by atoms with Crippen LogP contribution in [0.25, 0.3) is 10.9 Å². The quantitative estimate of drug-likeness (QED) is 0.261. The van der Waals surface area contributed by atoms with Gasteiger partial charge in [-0.3, -0.25) is 19.3 Å². The fraction of sp³-hybridized carbons (Fsp3) is 0.111. The average Bonchev–Trinajstić information content (AvgIpc) is 3.41. The van der Waals surface area contributed by atoms with Crippen LogP contribution in [0.5, 0.6) is 0 Å². The van der Waals surface area contributed by atoms with Crippen molar-refractivity contribution in [2.24, 2.45) is 0 Å². The monoisotopic (exact) mass is 452 g/mol. The molecule has 1 N–H and O–H groups in total. The van der Waals surface area contributed by atoms with E-state index in [1.54, 1.807) is 60.8 Å². The summed E-state index contributed by atoms with van der Waals surface area (Å²) in [6, 6.07) is 21.6. The summed E-state index contributed by atoms with van der Waals surface area (Å²) in [5, 5.41) is 0.727. The topological polar surface area (TPSA) is 96.5 Å². The minimum Gasteiger partial charge on any atom is -0.456 e. The Morgan fingerprint density at radius 3 is 2.15 bits per heavy atom. The molecule has 0 fully saturated rings. The van der Waals surface area contributed by atoms with Gasteiger partial charge in [-0.1, -0.05) is 60.7 Å². The molecule has 2 heterocycles. The summed E-state index contributed by atoms with van der Waals surface area (Å²) >= 11 is 0. The number of H-pyrrole nitrogens is 1. The van der Waals surface area contributed by atoms with Crippen molar-refractivity contribution in [3.63, 3.8) is 0 Å². The number of amides is 2. The molecule has 0 saturated heterocycles. The lowest BCUT2D eigenvalue weighted by molar-refractivity contribution is -0.147. The Kier molecular flexibility index (Phi) is 5.51. The predicted molar refractivity (Wildman–Crippen MR) is 124 cm³/mol. The van der Waals surface area contributed by atoms with Gasteiger partial charge in [0.25, 0.3) is 11.8 Å². The average molecular weight is 452 g/mol. The van der Waals surface area contributed by atoms with E-state index in [9.17, 15) is 19.2 Å². The van der Waals surface area contributed by atoms with E-state index >= 15 is 0 Å². The third-order valence-electron chi connectivity index (χ3n) is 5.92. The molecule has 0 spiro atoms. The van der Waals surface area contributed by atoms with Crippen molar-refractivity contribution in [2.75, 3.05) is 6.61 Å². The van der Waals surface area contributed by atoms with E-state index in [-0.39, 0.29) is 23.3 Å². The van der Waals surface area contributed by atoms with Crippen LogP contribution in [0, 0.1) is 0 Å². The Morgan fingerprint density at radius 1 is 0.824 bits per heavy atom. The molecule has 1 aliphatic rings. The highest BCUT2D eigenvalue weighted by Crippen LogP contribution is 2.27. The number of carbonyl (C=O) groups excluding carboxylic acids is 4. The SMILES string of the molecule is O=C(COC(=O)C(Cc1ccccc1)N1C(=O)c2ccccc2C1=O)c1c[nH]c2ccccc12. The number of nitrogens with zero attached hydrogens (tertiary/aromatic N) is 1. The van der Waals surface area contributed by atoms with Crippen LogP contribution in [-0.2, 0) is 16.0 Å². The number of imide groups is 1. The summed E-state index contributed by atoms with van der Waals surface area (Å²) in [5.74, 6) is -2.30. The standard InChI is InChI=1S/C27H20N2O5/c30-24(21-15-28-22-13-7-6-10-18(21)22)16-34-27(33)23(14-17-8-2-1-3-9-17)29-25(31)19-11-4-5-12-20(19)26(29)32/h1-13,15,23,28H,14,16H2. The first kappa shape index (κ1) is 21.3. The van der Waals surface area contributed by atoms with Crippen molar-refractivity contribution in [3.05, 3.63) is 107 Å². The lowest BCUT2D eigenvalue weighted by Crippen LogP contribution is -2.47. The highest BCUT2D eigenvalue weighted by Gasteiger charge is 2.43. The summed E-state index contributed by atoms with van der Waals surface area (Å²) in [4.78, 5) is 56.0.